The molecule has 36 heavy (non-hydrogen) atoms. The monoisotopic (exact) mass is 613 g/mol. The van der Waals surface area contributed by atoms with Crippen molar-refractivity contribution in [1.82, 2.24) is 0 Å². The van der Waals surface area contributed by atoms with Crippen molar-refractivity contribution in [2.24, 2.45) is 0 Å². The van der Waals surface area contributed by atoms with Gasteiger partial charge in [0.15, 0.2) is 8.32 Å². The van der Waals surface area contributed by atoms with Crippen LogP contribution in [0.15, 0.2) is 78.6 Å². The summed E-state index contributed by atoms with van der Waals surface area (Å²) in [5.74, 6) is 1.14. The third kappa shape index (κ3) is 7.33. The van der Waals surface area contributed by atoms with E-state index in [9.17, 15) is 0 Å². The zero-order chi connectivity index (χ0) is 24.3. The molecule has 0 aromatic heterocycles. The van der Waals surface area contributed by atoms with Crippen LogP contribution in [0.4, 0.5) is 0 Å². The smallest absolute Gasteiger partial charge is 0.183 e. The molecule has 4 aromatic carbocycles. The van der Waals surface area contributed by atoms with E-state index in [4.69, 9.17) is 9.16 Å². The quantitative estimate of drug-likeness (QED) is 0.187. The van der Waals surface area contributed by atoms with Crippen molar-refractivity contribution in [1.29, 1.82) is 0 Å². The Kier molecular flexibility index (Phi) is 11.5. The molecule has 1 aliphatic rings. The third-order valence-corrected chi connectivity index (χ3v) is 6.85. The Balaban J connectivity index is 0.000000710. The van der Waals surface area contributed by atoms with Gasteiger partial charge >= 0.3 is 41.3 Å². The first-order valence-electron chi connectivity index (χ1n) is 11.9. The van der Waals surface area contributed by atoms with Crippen LogP contribution in [0.25, 0.3) is 27.6 Å². The van der Waals surface area contributed by atoms with Gasteiger partial charge in [0.25, 0.3) is 0 Å². The van der Waals surface area contributed by atoms with E-state index in [0.29, 0.717) is 13.2 Å². The Morgan fingerprint density at radius 3 is 2.17 bits per heavy atom. The Hall–Kier alpha value is -1.42. The molecule has 188 valence electrons. The van der Waals surface area contributed by atoms with Crippen LogP contribution in [-0.4, -0.2) is 24.7 Å². The molecular weight excluding hydrogens is 583 g/mol. The first kappa shape index (κ1) is 30.8. The molecule has 4 aromatic rings. The van der Waals surface area contributed by atoms with E-state index in [-0.39, 0.29) is 30.7 Å². The molecule has 0 bridgehead atoms. The van der Waals surface area contributed by atoms with Crippen LogP contribution in [0, 0.1) is 0 Å². The van der Waals surface area contributed by atoms with Gasteiger partial charge in [-0.2, -0.15) is 0 Å². The van der Waals surface area contributed by atoms with Crippen LogP contribution in [0.5, 0.6) is 0 Å². The maximum atomic E-state index is 6.33. The molecule has 0 aliphatic heterocycles. The number of rotatable bonds is 6. The Labute approximate surface area is 243 Å². The molecule has 0 amide bonds. The van der Waals surface area contributed by atoms with Crippen molar-refractivity contribution in [2.45, 2.75) is 39.4 Å². The summed E-state index contributed by atoms with van der Waals surface area (Å²) < 4.78 is 13.8. The molecule has 2 nitrogen and oxygen atoms in total. The standard InChI is InChI=1S/C27H27O2Si.C3H6.2ClH.Zr/c1-30(2,3)29-16-15-28-26-18-20-10-5-7-12-22(20)27(26)24-14-8-13-23-21-11-6-4-9-19(21)17-25(23)24;1-3-2;;;/h4-14,17-18,27H,15-16H2,1-3H3;1-2H3;2*1H;/q-1;;;;+2/p-2. The molecule has 0 fully saturated rings. The molecule has 0 spiro atoms. The van der Waals surface area contributed by atoms with Gasteiger partial charge in [0.05, 0.1) is 6.61 Å². The summed E-state index contributed by atoms with van der Waals surface area (Å²) in [6.45, 7) is 12.1. The Morgan fingerprint density at radius 2 is 1.44 bits per heavy atom. The van der Waals surface area contributed by atoms with Crippen LogP contribution < -0.4 is 24.8 Å². The van der Waals surface area contributed by atoms with Gasteiger partial charge < -0.3 is 34.0 Å². The number of halogens is 2. The summed E-state index contributed by atoms with van der Waals surface area (Å²) in [7, 11) is -1.53. The Morgan fingerprint density at radius 1 is 0.833 bits per heavy atom. The maximum Gasteiger partial charge on any atom is 0.183 e. The van der Waals surface area contributed by atoms with Gasteiger partial charge in [-0.3, -0.25) is 0 Å². The van der Waals surface area contributed by atoms with E-state index in [1.807, 2.05) is 0 Å². The number of allylic oxidation sites excluding steroid dienone is 1. The minimum atomic E-state index is -1.53. The average Bonchev–Trinajstić information content (AvgIpc) is 3.34. The van der Waals surface area contributed by atoms with Crippen molar-refractivity contribution < 1.29 is 58.2 Å². The molecule has 0 N–H and O–H groups in total. The van der Waals surface area contributed by atoms with Crippen LogP contribution in [0.2, 0.25) is 19.6 Å². The number of ether oxygens (including phenoxy) is 1. The molecule has 0 radical (unpaired) electrons. The van der Waals surface area contributed by atoms with E-state index in [1.54, 1.807) is 24.2 Å². The zero-order valence-electron chi connectivity index (χ0n) is 21.6. The van der Waals surface area contributed by atoms with E-state index >= 15 is 0 Å². The second-order valence-corrected chi connectivity index (χ2v) is 16.9. The summed E-state index contributed by atoms with van der Waals surface area (Å²) in [4.78, 5) is 0. The van der Waals surface area contributed by atoms with E-state index < -0.39 is 8.32 Å². The van der Waals surface area contributed by atoms with Crippen molar-refractivity contribution in [2.75, 3.05) is 13.2 Å². The average molecular weight is 616 g/mol. The minimum Gasteiger partial charge on any atom is -1.00 e. The van der Waals surface area contributed by atoms with E-state index in [2.05, 4.69) is 112 Å². The fraction of sp³-hybridized carbons (Fsp3) is 0.267. The van der Waals surface area contributed by atoms with Crippen LogP contribution in [0.3, 0.4) is 0 Å². The normalized spacial score (nSPS) is 14.2. The molecule has 1 unspecified atom stereocenters. The number of hydrogen-bond donors (Lipinski definition) is 0. The summed E-state index contributed by atoms with van der Waals surface area (Å²) in [5.41, 5.74) is 3.87. The SMILES string of the molecule is C[C](C)=[Zr+2].C[Si](C)(C)OCCOC1=Cc2ccccc2C1c1cccc2c1[cH-]c1ccccc12.[Cl-].[Cl-]. The first-order chi connectivity index (χ1) is 16.2. The molecule has 0 saturated heterocycles. The fourth-order valence-corrected chi connectivity index (χ4v) is 5.20. The van der Waals surface area contributed by atoms with Gasteiger partial charge in [0, 0.05) is 5.92 Å². The van der Waals surface area contributed by atoms with Crippen molar-refractivity contribution in [3.63, 3.8) is 0 Å². The van der Waals surface area contributed by atoms with Gasteiger partial charge in [0.2, 0.25) is 0 Å². The molecule has 0 saturated carbocycles. The second-order valence-electron chi connectivity index (χ2n) is 9.96. The van der Waals surface area contributed by atoms with Crippen molar-refractivity contribution >= 4 is 39.1 Å². The number of hydrogen-bond acceptors (Lipinski definition) is 2. The largest absolute Gasteiger partial charge is 1.00 e. The van der Waals surface area contributed by atoms with Crippen LogP contribution in [-0.2, 0) is 33.4 Å². The number of fused-ring (bicyclic) bond motifs is 4. The summed E-state index contributed by atoms with van der Waals surface area (Å²) >= 11 is 1.55. The van der Waals surface area contributed by atoms with Gasteiger partial charge in [-0.05, 0) is 36.8 Å². The van der Waals surface area contributed by atoms with Gasteiger partial charge in [-0.1, -0.05) is 66.2 Å². The molecule has 5 rings (SSSR count). The van der Waals surface area contributed by atoms with Crippen LogP contribution in [0.1, 0.15) is 36.5 Å². The zero-order valence-corrected chi connectivity index (χ0v) is 26.5. The van der Waals surface area contributed by atoms with E-state index in [0.717, 1.165) is 5.76 Å². The summed E-state index contributed by atoms with van der Waals surface area (Å²) in [5, 5.41) is 5.24. The summed E-state index contributed by atoms with van der Waals surface area (Å²) in [6, 6.07) is 26.3. The maximum absolute atomic E-state index is 6.33. The predicted octanol–water partition coefficient (Wildman–Crippen LogP) is 1.82. The minimum absolute atomic E-state index is 0. The Bertz CT molecular complexity index is 1350. The number of benzene rings is 3. The topological polar surface area (TPSA) is 18.5 Å². The molecular formula is C30H33Cl2O2SiZr-. The first-order valence-corrected chi connectivity index (χ1v) is 16.5. The van der Waals surface area contributed by atoms with Crippen molar-refractivity contribution in [3.05, 3.63) is 95.2 Å². The molecule has 1 aliphatic carbocycles. The van der Waals surface area contributed by atoms with Gasteiger partial charge in [-0.15, -0.1) is 33.7 Å². The second kappa shape index (κ2) is 13.4. The predicted molar refractivity (Wildman–Crippen MR) is 145 cm³/mol. The van der Waals surface area contributed by atoms with Gasteiger partial charge in [-0.25, -0.2) is 0 Å². The van der Waals surface area contributed by atoms with Crippen molar-refractivity contribution in [3.8, 4) is 0 Å². The third-order valence-electron chi connectivity index (χ3n) is 5.78. The van der Waals surface area contributed by atoms with Crippen LogP contribution >= 0.6 is 0 Å². The molecule has 0 heterocycles. The fourth-order valence-electron chi connectivity index (χ4n) is 4.50. The molecule has 6 heteroatoms. The van der Waals surface area contributed by atoms with Gasteiger partial charge in [0.1, 0.15) is 12.4 Å². The van der Waals surface area contributed by atoms with E-state index in [1.165, 1.54) is 41.4 Å². The summed E-state index contributed by atoms with van der Waals surface area (Å²) in [6.07, 6.45) is 2.20. The molecule has 1 atom stereocenters.